The quantitative estimate of drug-likeness (QED) is 0.291. The van der Waals surface area contributed by atoms with Gasteiger partial charge < -0.3 is 29.7 Å². The number of carbonyl (C=O) groups is 4. The number of amides is 4. The van der Waals surface area contributed by atoms with Gasteiger partial charge in [-0.2, -0.15) is 0 Å². The topological polar surface area (TPSA) is 182 Å². The Labute approximate surface area is 331 Å². The van der Waals surface area contributed by atoms with Gasteiger partial charge in [0.25, 0.3) is 12.3 Å². The van der Waals surface area contributed by atoms with Gasteiger partial charge in [-0.3, -0.25) is 19.1 Å². The molecule has 2 aromatic rings. The van der Waals surface area contributed by atoms with Crippen LogP contribution in [0.15, 0.2) is 42.6 Å². The number of nitrogens with one attached hydrogen (secondary N) is 3. The summed E-state index contributed by atoms with van der Waals surface area (Å²) in [6.45, 7) is 9.62. The van der Waals surface area contributed by atoms with Gasteiger partial charge >= 0.3 is 6.09 Å². The highest BCUT2D eigenvalue weighted by Gasteiger charge is 2.63. The molecule has 7 atom stereocenters. The predicted molar refractivity (Wildman–Crippen MR) is 206 cm³/mol. The lowest BCUT2D eigenvalue weighted by Gasteiger charge is -2.33. The van der Waals surface area contributed by atoms with Gasteiger partial charge in [0, 0.05) is 23.1 Å². The fourth-order valence-electron chi connectivity index (χ4n) is 7.69. The standard InChI is InChI=1S/C40H53F2N5O9S/c1-23-11-7-8-12-25-19-40(25,36(50)46-57(52,53)39(6)15-16-39)45-33(48)29-18-26(21-47(29)35(49)32(24(2)17-23)44-37(51)56-38(3,4)5)55-34-28-14-10-9-13-27(28)30(20-43-34)54-22-31(41)42/h8-10,12-14,20,23-26,29,31-32H,7,11,15-19,21-22H2,1-6H3,(H,44,51)(H,45,48)(H,46,50)/b12-8-/t23-,24+,25+,26+,29-,32-,40+/m0/s1. The smallest absolute Gasteiger partial charge is 0.408 e. The fourth-order valence-corrected chi connectivity index (χ4v) is 9.00. The Morgan fingerprint density at radius 3 is 2.47 bits per heavy atom. The minimum atomic E-state index is -4.04. The van der Waals surface area contributed by atoms with E-state index in [2.05, 4.69) is 20.3 Å². The van der Waals surface area contributed by atoms with Crippen molar-refractivity contribution in [3.05, 3.63) is 42.6 Å². The van der Waals surface area contributed by atoms with E-state index in [0.717, 1.165) is 6.42 Å². The maximum Gasteiger partial charge on any atom is 0.408 e. The molecule has 2 saturated carbocycles. The van der Waals surface area contributed by atoms with Crippen molar-refractivity contribution in [3.63, 3.8) is 0 Å². The van der Waals surface area contributed by atoms with E-state index in [1.54, 1.807) is 52.0 Å². The molecule has 17 heteroatoms. The summed E-state index contributed by atoms with van der Waals surface area (Å²) in [4.78, 5) is 62.1. The number of hydrogen-bond acceptors (Lipinski definition) is 10. The van der Waals surface area contributed by atoms with E-state index >= 15 is 0 Å². The number of nitrogens with zero attached hydrogens (tertiary/aromatic N) is 2. The molecule has 4 aliphatic rings. The van der Waals surface area contributed by atoms with E-state index in [9.17, 15) is 36.4 Å². The molecule has 0 radical (unpaired) electrons. The zero-order valence-corrected chi connectivity index (χ0v) is 34.0. The Balaban J connectivity index is 1.34. The fraction of sp³-hybridized carbons (Fsp3) is 0.625. The number of sulfonamides is 1. The van der Waals surface area contributed by atoms with E-state index in [1.807, 2.05) is 26.0 Å². The maximum absolute atomic E-state index is 14.8. The van der Waals surface area contributed by atoms with Crippen LogP contribution in [0.3, 0.4) is 0 Å². The number of halogens is 2. The number of hydrogen-bond donors (Lipinski definition) is 3. The van der Waals surface area contributed by atoms with E-state index in [4.69, 9.17) is 14.2 Å². The highest BCUT2D eigenvalue weighted by Crippen LogP contribution is 2.47. The number of carbonyl (C=O) groups excluding carboxylic acids is 4. The van der Waals surface area contributed by atoms with Crippen LogP contribution >= 0.6 is 0 Å². The second kappa shape index (κ2) is 16.0. The Bertz CT molecular complexity index is 2020. The van der Waals surface area contributed by atoms with Gasteiger partial charge in [0.2, 0.25) is 27.7 Å². The largest absolute Gasteiger partial charge is 0.485 e. The summed E-state index contributed by atoms with van der Waals surface area (Å²) in [6, 6.07) is 4.45. The summed E-state index contributed by atoms with van der Waals surface area (Å²) in [5, 5.41) is 6.53. The predicted octanol–water partition coefficient (Wildman–Crippen LogP) is 5.01. The van der Waals surface area contributed by atoms with Gasteiger partial charge in [-0.15, -0.1) is 0 Å². The molecule has 57 heavy (non-hydrogen) atoms. The first-order chi connectivity index (χ1) is 26.7. The molecule has 3 fully saturated rings. The van der Waals surface area contributed by atoms with Gasteiger partial charge in [-0.05, 0) is 84.1 Å². The minimum absolute atomic E-state index is 0.0598. The van der Waals surface area contributed by atoms with Gasteiger partial charge in [0.05, 0.1) is 17.5 Å². The third kappa shape index (κ3) is 9.44. The van der Waals surface area contributed by atoms with Gasteiger partial charge in [0.1, 0.15) is 41.7 Å². The van der Waals surface area contributed by atoms with E-state index < -0.39 is 92.8 Å². The third-order valence-corrected chi connectivity index (χ3v) is 13.4. The molecule has 3 heterocycles. The lowest BCUT2D eigenvalue weighted by Crippen LogP contribution is -2.59. The molecule has 1 aromatic carbocycles. The first-order valence-electron chi connectivity index (χ1n) is 19.5. The van der Waals surface area contributed by atoms with Gasteiger partial charge in [-0.1, -0.05) is 44.2 Å². The lowest BCUT2D eigenvalue weighted by atomic mass is 9.88. The molecule has 312 valence electrons. The third-order valence-electron chi connectivity index (χ3n) is 11.3. The number of pyridine rings is 1. The zero-order chi connectivity index (χ0) is 41.5. The number of fused-ring (bicyclic) bond motifs is 3. The van der Waals surface area contributed by atoms with Crippen molar-refractivity contribution in [2.75, 3.05) is 13.2 Å². The first-order valence-corrected chi connectivity index (χ1v) is 21.0. The zero-order valence-electron chi connectivity index (χ0n) is 33.2. The van der Waals surface area contributed by atoms with Crippen LogP contribution in [0, 0.1) is 17.8 Å². The molecule has 1 aromatic heterocycles. The van der Waals surface area contributed by atoms with E-state index in [0.29, 0.717) is 36.5 Å². The van der Waals surface area contributed by atoms with Crippen LogP contribution in [0.1, 0.15) is 86.5 Å². The lowest BCUT2D eigenvalue weighted by molar-refractivity contribution is -0.142. The van der Waals surface area contributed by atoms with Crippen molar-refractivity contribution in [1.82, 2.24) is 25.2 Å². The summed E-state index contributed by atoms with van der Waals surface area (Å²) in [7, 11) is -4.04. The summed E-state index contributed by atoms with van der Waals surface area (Å²) >= 11 is 0. The van der Waals surface area contributed by atoms with E-state index in [-0.39, 0.29) is 36.9 Å². The SMILES string of the molecule is C[C@H]1CC/C=C\[C@@H]2C[C@@]2(C(=O)NS(=O)(=O)C2(C)CC2)NC(=O)[C@@H]2C[C@@H](Oc3ncc(OCC(F)F)c4ccccc34)CN2C(=O)[C@@H](NC(=O)OC(C)(C)C)[C@H](C)C1. The number of rotatable bonds is 9. The van der Waals surface area contributed by atoms with Crippen molar-refractivity contribution < 1.29 is 50.6 Å². The van der Waals surface area contributed by atoms with Crippen molar-refractivity contribution in [2.24, 2.45) is 17.8 Å². The molecule has 0 spiro atoms. The van der Waals surface area contributed by atoms with Crippen molar-refractivity contribution >= 4 is 44.6 Å². The maximum atomic E-state index is 14.8. The summed E-state index contributed by atoms with van der Waals surface area (Å²) in [6.07, 6.45) is 3.52. The van der Waals surface area contributed by atoms with Crippen molar-refractivity contribution in [3.8, 4) is 11.6 Å². The number of benzene rings is 1. The highest BCUT2D eigenvalue weighted by molar-refractivity contribution is 7.91. The summed E-state index contributed by atoms with van der Waals surface area (Å²) in [5.74, 6) is -2.65. The van der Waals surface area contributed by atoms with Crippen LogP contribution in [0.5, 0.6) is 11.6 Å². The average Bonchev–Trinajstić information content (AvgIpc) is 4.00. The second-order valence-corrected chi connectivity index (χ2v) is 19.5. The Hall–Kier alpha value is -4.54. The molecule has 6 rings (SSSR count). The summed E-state index contributed by atoms with van der Waals surface area (Å²) < 4.78 is 70.8. The molecule has 1 saturated heterocycles. The molecule has 0 unspecified atom stereocenters. The Kier molecular flexibility index (Phi) is 11.8. The molecule has 2 aliphatic heterocycles. The number of ether oxygens (including phenoxy) is 3. The number of alkyl carbamates (subject to hydrolysis) is 1. The number of alkyl halides is 2. The Morgan fingerprint density at radius 2 is 1.81 bits per heavy atom. The number of allylic oxidation sites excluding steroid dienone is 1. The molecule has 3 N–H and O–H groups in total. The first kappa shape index (κ1) is 42.1. The van der Waals surface area contributed by atoms with Gasteiger partial charge in [-0.25, -0.2) is 27.0 Å². The minimum Gasteiger partial charge on any atom is -0.485 e. The van der Waals surface area contributed by atoms with Crippen LogP contribution < -0.4 is 24.8 Å². The number of aromatic nitrogens is 1. The van der Waals surface area contributed by atoms with Crippen molar-refractivity contribution in [2.45, 2.75) is 127 Å². The molecular weight excluding hydrogens is 765 g/mol. The molecule has 14 nitrogen and oxygen atoms in total. The van der Waals surface area contributed by atoms with Crippen LogP contribution in [-0.2, 0) is 29.1 Å². The molecule has 0 bridgehead atoms. The normalized spacial score (nSPS) is 29.5. The molecular formula is C40H53F2N5O9S. The average molecular weight is 818 g/mol. The van der Waals surface area contributed by atoms with Crippen LogP contribution in [0.2, 0.25) is 0 Å². The Morgan fingerprint density at radius 1 is 1.11 bits per heavy atom. The monoisotopic (exact) mass is 817 g/mol. The van der Waals surface area contributed by atoms with Gasteiger partial charge in [0.15, 0.2) is 0 Å². The molecule has 2 aliphatic carbocycles. The second-order valence-electron chi connectivity index (χ2n) is 17.3. The van der Waals surface area contributed by atoms with Crippen LogP contribution in [0.25, 0.3) is 10.8 Å². The molecule has 4 amide bonds. The highest BCUT2D eigenvalue weighted by atomic mass is 32.2. The van der Waals surface area contributed by atoms with Crippen LogP contribution in [0.4, 0.5) is 13.6 Å². The van der Waals surface area contributed by atoms with Crippen molar-refractivity contribution in [1.29, 1.82) is 0 Å². The van der Waals surface area contributed by atoms with Crippen LogP contribution in [-0.4, -0.2) is 95.8 Å². The summed E-state index contributed by atoms with van der Waals surface area (Å²) in [5.41, 5.74) is -2.45. The van der Waals surface area contributed by atoms with E-state index in [1.165, 1.54) is 11.1 Å².